The van der Waals surface area contributed by atoms with E-state index < -0.39 is 10.0 Å². The lowest BCUT2D eigenvalue weighted by Gasteiger charge is -2.30. The van der Waals surface area contributed by atoms with E-state index in [1.165, 1.54) is 6.07 Å². The molecule has 1 fully saturated rings. The summed E-state index contributed by atoms with van der Waals surface area (Å²) in [5.41, 5.74) is 1.76. The first-order valence-corrected chi connectivity index (χ1v) is 8.68. The summed E-state index contributed by atoms with van der Waals surface area (Å²) < 4.78 is 23.3. The Morgan fingerprint density at radius 2 is 1.81 bits per heavy atom. The SMILES string of the molecule is Cc1cc(C(=O)N2CCC(C)CC2)cc(S(N)(=O)=O)c1C. The predicted octanol–water partition coefficient (Wildman–Crippen LogP) is 1.82. The monoisotopic (exact) mass is 310 g/mol. The standard InChI is InChI=1S/C15H22N2O3S/c1-10-4-6-17(7-5-10)15(18)13-8-11(2)12(3)14(9-13)21(16,19)20/h8-10H,4-7H2,1-3H3,(H2,16,19,20). The lowest BCUT2D eigenvalue weighted by molar-refractivity contribution is 0.0697. The van der Waals surface area contributed by atoms with Crippen molar-refractivity contribution in [2.24, 2.45) is 11.1 Å². The van der Waals surface area contributed by atoms with Crippen LogP contribution in [0.5, 0.6) is 0 Å². The Morgan fingerprint density at radius 1 is 1.24 bits per heavy atom. The quantitative estimate of drug-likeness (QED) is 0.905. The first-order chi connectivity index (χ1) is 9.70. The molecule has 2 N–H and O–H groups in total. The normalized spacial score (nSPS) is 17.0. The van der Waals surface area contributed by atoms with Crippen LogP contribution >= 0.6 is 0 Å². The van der Waals surface area contributed by atoms with Crippen molar-refractivity contribution in [1.29, 1.82) is 0 Å². The van der Waals surface area contributed by atoms with E-state index in [9.17, 15) is 13.2 Å². The van der Waals surface area contributed by atoms with Crippen LogP contribution < -0.4 is 5.14 Å². The van der Waals surface area contributed by atoms with E-state index in [0.717, 1.165) is 31.5 Å². The number of likely N-dealkylation sites (tertiary alicyclic amines) is 1. The Balaban J connectivity index is 2.36. The van der Waals surface area contributed by atoms with Gasteiger partial charge in [-0.25, -0.2) is 13.6 Å². The number of carbonyl (C=O) groups is 1. The Bertz CT molecular complexity index is 660. The van der Waals surface area contributed by atoms with Gasteiger partial charge >= 0.3 is 0 Å². The van der Waals surface area contributed by atoms with Crippen LogP contribution in [-0.2, 0) is 10.0 Å². The smallest absolute Gasteiger partial charge is 0.253 e. The van der Waals surface area contributed by atoms with E-state index in [0.29, 0.717) is 17.0 Å². The minimum absolute atomic E-state index is 0.0382. The number of benzene rings is 1. The minimum atomic E-state index is -3.82. The molecule has 21 heavy (non-hydrogen) atoms. The van der Waals surface area contributed by atoms with Gasteiger partial charge in [-0.3, -0.25) is 4.79 Å². The van der Waals surface area contributed by atoms with Gasteiger partial charge in [-0.2, -0.15) is 0 Å². The molecule has 0 bridgehead atoms. The Morgan fingerprint density at radius 3 is 2.33 bits per heavy atom. The van der Waals surface area contributed by atoms with Crippen LogP contribution in [0.25, 0.3) is 0 Å². The van der Waals surface area contributed by atoms with Gasteiger partial charge in [0.15, 0.2) is 0 Å². The average Bonchev–Trinajstić information content (AvgIpc) is 2.40. The van der Waals surface area contributed by atoms with Crippen molar-refractivity contribution in [2.45, 2.75) is 38.5 Å². The number of piperidine rings is 1. The van der Waals surface area contributed by atoms with Crippen LogP contribution in [0.1, 0.15) is 41.3 Å². The van der Waals surface area contributed by atoms with Gasteiger partial charge in [-0.05, 0) is 55.9 Å². The van der Waals surface area contributed by atoms with E-state index in [2.05, 4.69) is 6.92 Å². The molecule has 1 aliphatic heterocycles. The zero-order chi connectivity index (χ0) is 15.8. The maximum absolute atomic E-state index is 12.5. The molecule has 2 rings (SSSR count). The number of nitrogens with zero attached hydrogens (tertiary/aromatic N) is 1. The van der Waals surface area contributed by atoms with Crippen molar-refractivity contribution >= 4 is 15.9 Å². The summed E-state index contributed by atoms with van der Waals surface area (Å²) in [6.07, 6.45) is 1.97. The number of rotatable bonds is 2. The number of amides is 1. The van der Waals surface area contributed by atoms with E-state index in [4.69, 9.17) is 5.14 Å². The van der Waals surface area contributed by atoms with Crippen molar-refractivity contribution in [3.05, 3.63) is 28.8 Å². The third kappa shape index (κ3) is 3.44. The predicted molar refractivity (Wildman–Crippen MR) is 81.6 cm³/mol. The van der Waals surface area contributed by atoms with Crippen LogP contribution in [0, 0.1) is 19.8 Å². The highest BCUT2D eigenvalue weighted by Gasteiger charge is 2.24. The molecule has 1 aliphatic rings. The fourth-order valence-electron chi connectivity index (χ4n) is 2.64. The Hall–Kier alpha value is -1.40. The highest BCUT2D eigenvalue weighted by atomic mass is 32.2. The molecule has 0 aliphatic carbocycles. The number of hydrogen-bond donors (Lipinski definition) is 1. The van der Waals surface area contributed by atoms with Gasteiger partial charge in [0.05, 0.1) is 4.90 Å². The molecular formula is C15H22N2O3S. The van der Waals surface area contributed by atoms with Crippen molar-refractivity contribution in [3.8, 4) is 0 Å². The van der Waals surface area contributed by atoms with E-state index in [1.54, 1.807) is 24.8 Å². The Kier molecular flexibility index (Phi) is 4.39. The highest BCUT2D eigenvalue weighted by Crippen LogP contribution is 2.23. The molecule has 1 aromatic rings. The maximum atomic E-state index is 12.5. The summed E-state index contributed by atoms with van der Waals surface area (Å²) in [6, 6.07) is 3.14. The van der Waals surface area contributed by atoms with Crippen LogP contribution in [0.4, 0.5) is 0 Å². The van der Waals surface area contributed by atoms with Crippen LogP contribution in [0.2, 0.25) is 0 Å². The molecule has 0 radical (unpaired) electrons. The van der Waals surface area contributed by atoms with Crippen LogP contribution in [-0.4, -0.2) is 32.3 Å². The lowest BCUT2D eigenvalue weighted by atomic mass is 9.98. The van der Waals surface area contributed by atoms with E-state index >= 15 is 0 Å². The van der Waals surface area contributed by atoms with Gasteiger partial charge < -0.3 is 4.90 Å². The molecule has 1 aromatic carbocycles. The van der Waals surface area contributed by atoms with Crippen LogP contribution in [0.3, 0.4) is 0 Å². The summed E-state index contributed by atoms with van der Waals surface area (Å²) in [5, 5.41) is 5.24. The lowest BCUT2D eigenvalue weighted by Crippen LogP contribution is -2.38. The summed E-state index contributed by atoms with van der Waals surface area (Å²) in [4.78, 5) is 14.4. The maximum Gasteiger partial charge on any atom is 0.253 e. The summed E-state index contributed by atoms with van der Waals surface area (Å²) in [5.74, 6) is 0.517. The van der Waals surface area contributed by atoms with Gasteiger partial charge in [0.1, 0.15) is 0 Å². The molecule has 1 heterocycles. The molecule has 116 valence electrons. The number of primary sulfonamides is 1. The second kappa shape index (κ2) is 5.77. The van der Waals surface area contributed by atoms with Crippen molar-refractivity contribution in [3.63, 3.8) is 0 Å². The highest BCUT2D eigenvalue weighted by molar-refractivity contribution is 7.89. The molecule has 5 nitrogen and oxygen atoms in total. The van der Waals surface area contributed by atoms with Gasteiger partial charge in [0.2, 0.25) is 10.0 Å². The number of sulfonamides is 1. The number of nitrogens with two attached hydrogens (primary N) is 1. The number of hydrogen-bond acceptors (Lipinski definition) is 3. The first-order valence-electron chi connectivity index (χ1n) is 7.13. The summed E-state index contributed by atoms with van der Waals surface area (Å²) >= 11 is 0. The van der Waals surface area contributed by atoms with Gasteiger partial charge in [-0.1, -0.05) is 6.92 Å². The molecule has 1 saturated heterocycles. The topological polar surface area (TPSA) is 80.5 Å². The zero-order valence-corrected chi connectivity index (χ0v) is 13.5. The van der Waals surface area contributed by atoms with Gasteiger partial charge in [-0.15, -0.1) is 0 Å². The van der Waals surface area contributed by atoms with Crippen molar-refractivity contribution in [1.82, 2.24) is 4.90 Å². The molecule has 6 heteroatoms. The molecular weight excluding hydrogens is 288 g/mol. The zero-order valence-electron chi connectivity index (χ0n) is 12.7. The Labute approximate surface area is 126 Å². The van der Waals surface area contributed by atoms with Crippen LogP contribution in [0.15, 0.2) is 17.0 Å². The fourth-order valence-corrected chi connectivity index (χ4v) is 3.52. The molecule has 0 unspecified atom stereocenters. The third-order valence-corrected chi connectivity index (χ3v) is 5.28. The molecule has 0 atom stereocenters. The second-order valence-electron chi connectivity index (χ2n) is 5.94. The fraction of sp³-hybridized carbons (Fsp3) is 0.533. The largest absolute Gasteiger partial charge is 0.339 e. The van der Waals surface area contributed by atoms with Crippen molar-refractivity contribution in [2.75, 3.05) is 13.1 Å². The van der Waals surface area contributed by atoms with E-state index in [-0.39, 0.29) is 10.8 Å². The second-order valence-corrected chi connectivity index (χ2v) is 7.47. The molecule has 0 saturated carbocycles. The van der Waals surface area contributed by atoms with Crippen molar-refractivity contribution < 1.29 is 13.2 Å². The average molecular weight is 310 g/mol. The first kappa shape index (κ1) is 16.0. The summed E-state index contributed by atoms with van der Waals surface area (Å²) in [6.45, 7) is 7.11. The summed E-state index contributed by atoms with van der Waals surface area (Å²) in [7, 11) is -3.82. The molecule has 0 aromatic heterocycles. The number of aryl methyl sites for hydroxylation is 1. The van der Waals surface area contributed by atoms with Gasteiger partial charge in [0, 0.05) is 18.7 Å². The van der Waals surface area contributed by atoms with Gasteiger partial charge in [0.25, 0.3) is 5.91 Å². The van der Waals surface area contributed by atoms with E-state index in [1.807, 2.05) is 0 Å². The third-order valence-electron chi connectivity index (χ3n) is 4.24. The molecule has 0 spiro atoms. The minimum Gasteiger partial charge on any atom is -0.339 e. The number of carbonyl (C=O) groups excluding carboxylic acids is 1. The molecule has 1 amide bonds.